The summed E-state index contributed by atoms with van der Waals surface area (Å²) in [7, 11) is 2.00. The minimum absolute atomic E-state index is 1.00. The topological polar surface area (TPSA) is 28.2 Å². The van der Waals surface area contributed by atoms with Crippen LogP contribution in [0.3, 0.4) is 0 Å². The molecule has 0 saturated carbocycles. The molecule has 0 amide bonds. The fraction of sp³-hybridized carbons (Fsp3) is 0.438. The van der Waals surface area contributed by atoms with Gasteiger partial charge in [0.25, 0.3) is 0 Å². The van der Waals surface area contributed by atoms with E-state index in [0.29, 0.717) is 0 Å². The maximum absolute atomic E-state index is 4.93. The zero-order chi connectivity index (χ0) is 13.8. The smallest absolute Gasteiger partial charge is 0.186 e. The molecule has 3 nitrogen and oxygen atoms in total. The van der Waals surface area contributed by atoms with Crippen LogP contribution in [0.1, 0.15) is 17.7 Å². The number of nitrogens with zero attached hydrogens (tertiary/aromatic N) is 2. The second-order valence-corrected chi connectivity index (χ2v) is 6.24. The number of anilines is 1. The minimum Gasteiger partial charge on any atom is -0.348 e. The molecule has 4 heteroatoms. The number of thiazole rings is 1. The second-order valence-electron chi connectivity index (χ2n) is 5.18. The lowest BCUT2D eigenvalue weighted by Crippen LogP contribution is -2.17. The molecule has 1 aliphatic heterocycles. The van der Waals surface area contributed by atoms with Crippen molar-refractivity contribution in [3.8, 4) is 11.3 Å². The summed E-state index contributed by atoms with van der Waals surface area (Å²) >= 11 is 1.87. The van der Waals surface area contributed by atoms with Crippen molar-refractivity contribution in [2.75, 3.05) is 31.6 Å². The highest BCUT2D eigenvalue weighted by Gasteiger charge is 2.19. The van der Waals surface area contributed by atoms with Crippen molar-refractivity contribution in [2.45, 2.75) is 19.3 Å². The molecule has 1 aliphatic rings. The van der Waals surface area contributed by atoms with Crippen LogP contribution in [-0.4, -0.2) is 31.7 Å². The quantitative estimate of drug-likeness (QED) is 0.915. The summed E-state index contributed by atoms with van der Waals surface area (Å²) < 4.78 is 0. The summed E-state index contributed by atoms with van der Waals surface area (Å²) in [6, 6.07) is 10.6. The van der Waals surface area contributed by atoms with Crippen LogP contribution >= 0.6 is 11.3 Å². The van der Waals surface area contributed by atoms with Gasteiger partial charge in [-0.3, -0.25) is 0 Å². The molecule has 1 fully saturated rings. The summed E-state index contributed by atoms with van der Waals surface area (Å²) in [6.07, 6.45) is 3.64. The molecule has 2 aromatic rings. The fourth-order valence-electron chi connectivity index (χ4n) is 2.61. The van der Waals surface area contributed by atoms with Gasteiger partial charge < -0.3 is 10.2 Å². The average Bonchev–Trinajstić information content (AvgIpc) is 3.15. The average molecular weight is 287 g/mol. The molecule has 0 spiro atoms. The molecule has 0 aliphatic carbocycles. The third-order valence-corrected chi connectivity index (χ3v) is 4.89. The van der Waals surface area contributed by atoms with Crippen molar-refractivity contribution in [3.05, 3.63) is 35.2 Å². The van der Waals surface area contributed by atoms with Crippen LogP contribution in [-0.2, 0) is 6.42 Å². The molecule has 1 saturated heterocycles. The van der Waals surface area contributed by atoms with Crippen molar-refractivity contribution < 1.29 is 0 Å². The SMILES string of the molecule is CNCCc1sc(N2CCCC2)nc1-c1ccccc1. The Balaban J connectivity index is 1.93. The number of hydrogen-bond donors (Lipinski definition) is 1. The van der Waals surface area contributed by atoms with Gasteiger partial charge in [0.05, 0.1) is 5.69 Å². The molecular weight excluding hydrogens is 266 g/mol. The number of hydrogen-bond acceptors (Lipinski definition) is 4. The van der Waals surface area contributed by atoms with Gasteiger partial charge in [-0.1, -0.05) is 30.3 Å². The lowest BCUT2D eigenvalue weighted by Gasteiger charge is -2.12. The van der Waals surface area contributed by atoms with Crippen LogP contribution < -0.4 is 10.2 Å². The van der Waals surface area contributed by atoms with Crippen molar-refractivity contribution in [1.82, 2.24) is 10.3 Å². The Kier molecular flexibility index (Phi) is 4.33. The molecule has 1 aromatic carbocycles. The standard InChI is InChI=1S/C16H21N3S/c1-17-10-9-14-15(13-7-3-2-4-8-13)18-16(20-14)19-11-5-6-12-19/h2-4,7-8,17H,5-6,9-12H2,1H3. The first-order chi connectivity index (χ1) is 9.88. The molecule has 3 rings (SSSR count). The van der Waals surface area contributed by atoms with E-state index in [1.807, 2.05) is 18.4 Å². The number of likely N-dealkylation sites (N-methyl/N-ethyl adjacent to an activating group) is 1. The molecular formula is C16H21N3S. The lowest BCUT2D eigenvalue weighted by molar-refractivity contribution is 0.799. The monoisotopic (exact) mass is 287 g/mol. The Morgan fingerprint density at radius 2 is 1.95 bits per heavy atom. The van der Waals surface area contributed by atoms with Crippen LogP contribution in [0.25, 0.3) is 11.3 Å². The molecule has 0 radical (unpaired) electrons. The Morgan fingerprint density at radius 3 is 2.65 bits per heavy atom. The zero-order valence-electron chi connectivity index (χ0n) is 11.9. The lowest BCUT2D eigenvalue weighted by atomic mass is 10.1. The Hall–Kier alpha value is -1.39. The largest absolute Gasteiger partial charge is 0.348 e. The van der Waals surface area contributed by atoms with Crippen molar-refractivity contribution in [1.29, 1.82) is 0 Å². The van der Waals surface area contributed by atoms with Gasteiger partial charge in [0, 0.05) is 23.5 Å². The normalized spacial score (nSPS) is 14.9. The Labute approximate surface area is 124 Å². The van der Waals surface area contributed by atoms with Gasteiger partial charge in [-0.2, -0.15) is 0 Å². The third-order valence-electron chi connectivity index (χ3n) is 3.71. The maximum atomic E-state index is 4.93. The maximum Gasteiger partial charge on any atom is 0.186 e. The van der Waals surface area contributed by atoms with Gasteiger partial charge in [0.2, 0.25) is 0 Å². The number of benzene rings is 1. The van der Waals surface area contributed by atoms with E-state index in [0.717, 1.165) is 26.1 Å². The van der Waals surface area contributed by atoms with E-state index < -0.39 is 0 Å². The van der Waals surface area contributed by atoms with E-state index in [2.05, 4.69) is 40.5 Å². The van der Waals surface area contributed by atoms with Crippen LogP contribution in [0.4, 0.5) is 5.13 Å². The molecule has 0 bridgehead atoms. The first-order valence-electron chi connectivity index (χ1n) is 7.33. The van der Waals surface area contributed by atoms with E-state index in [9.17, 15) is 0 Å². The van der Waals surface area contributed by atoms with Crippen molar-refractivity contribution in [2.24, 2.45) is 0 Å². The van der Waals surface area contributed by atoms with Gasteiger partial charge in [-0.05, 0) is 32.9 Å². The molecule has 106 valence electrons. The first-order valence-corrected chi connectivity index (χ1v) is 8.15. The molecule has 0 atom stereocenters. The Bertz CT molecular complexity index is 544. The fourth-order valence-corrected chi connectivity index (χ4v) is 3.75. The predicted octanol–water partition coefficient (Wildman–Crippen LogP) is 3.17. The zero-order valence-corrected chi connectivity index (χ0v) is 12.7. The van der Waals surface area contributed by atoms with Crippen molar-refractivity contribution in [3.63, 3.8) is 0 Å². The molecule has 2 heterocycles. The molecule has 1 aromatic heterocycles. The van der Waals surface area contributed by atoms with E-state index in [-0.39, 0.29) is 0 Å². The van der Waals surface area contributed by atoms with Gasteiger partial charge in [-0.25, -0.2) is 4.98 Å². The summed E-state index contributed by atoms with van der Waals surface area (Å²) in [6.45, 7) is 3.32. The molecule has 1 N–H and O–H groups in total. The van der Waals surface area contributed by atoms with Gasteiger partial charge >= 0.3 is 0 Å². The van der Waals surface area contributed by atoms with E-state index in [1.165, 1.54) is 34.1 Å². The van der Waals surface area contributed by atoms with E-state index in [1.54, 1.807) is 0 Å². The van der Waals surface area contributed by atoms with Crippen LogP contribution in [0.5, 0.6) is 0 Å². The number of rotatable bonds is 5. The second kappa shape index (κ2) is 6.37. The first kappa shape index (κ1) is 13.6. The summed E-state index contributed by atoms with van der Waals surface area (Å²) in [4.78, 5) is 8.76. The van der Waals surface area contributed by atoms with E-state index in [4.69, 9.17) is 4.98 Å². The van der Waals surface area contributed by atoms with Crippen LogP contribution in [0, 0.1) is 0 Å². The highest BCUT2D eigenvalue weighted by Crippen LogP contribution is 2.34. The summed E-state index contributed by atoms with van der Waals surface area (Å²) in [5, 5.41) is 4.44. The van der Waals surface area contributed by atoms with Crippen molar-refractivity contribution >= 4 is 16.5 Å². The van der Waals surface area contributed by atoms with Crippen LogP contribution in [0.2, 0.25) is 0 Å². The summed E-state index contributed by atoms with van der Waals surface area (Å²) in [5.41, 5.74) is 2.41. The molecule has 0 unspecified atom stereocenters. The summed E-state index contributed by atoms with van der Waals surface area (Å²) in [5.74, 6) is 0. The number of nitrogens with one attached hydrogen (secondary N) is 1. The highest BCUT2D eigenvalue weighted by molar-refractivity contribution is 7.16. The molecule has 20 heavy (non-hydrogen) atoms. The highest BCUT2D eigenvalue weighted by atomic mass is 32.1. The minimum atomic E-state index is 1.00. The third kappa shape index (κ3) is 2.86. The Morgan fingerprint density at radius 1 is 1.20 bits per heavy atom. The van der Waals surface area contributed by atoms with Gasteiger partial charge in [0.15, 0.2) is 5.13 Å². The predicted molar refractivity (Wildman–Crippen MR) is 86.6 cm³/mol. The van der Waals surface area contributed by atoms with E-state index >= 15 is 0 Å². The van der Waals surface area contributed by atoms with Gasteiger partial charge in [0.1, 0.15) is 0 Å². The van der Waals surface area contributed by atoms with Crippen LogP contribution in [0.15, 0.2) is 30.3 Å². The number of aromatic nitrogens is 1. The van der Waals surface area contributed by atoms with Gasteiger partial charge in [-0.15, -0.1) is 11.3 Å².